The second-order valence-corrected chi connectivity index (χ2v) is 9.87. The van der Waals surface area contributed by atoms with Gasteiger partial charge in [-0.15, -0.1) is 0 Å². The Morgan fingerprint density at radius 3 is 2.15 bits per heavy atom. The molecule has 6 nitrogen and oxygen atoms in total. The van der Waals surface area contributed by atoms with E-state index in [1.807, 2.05) is 13.8 Å². The highest BCUT2D eigenvalue weighted by atomic mass is 127. The van der Waals surface area contributed by atoms with Gasteiger partial charge >= 0.3 is 0 Å². The fraction of sp³-hybridized carbons (Fsp3) is 0.333. The Balaban J connectivity index is 2.12. The van der Waals surface area contributed by atoms with Crippen LogP contribution in [0.3, 0.4) is 0 Å². The first-order chi connectivity index (χ1) is 12.5. The van der Waals surface area contributed by atoms with Gasteiger partial charge < -0.3 is 19.1 Å². The number of hydrogen-bond donors (Lipinski definition) is 1. The van der Waals surface area contributed by atoms with Crippen molar-refractivity contribution in [1.29, 1.82) is 0 Å². The number of rotatable bonds is 7. The molecule has 2 rings (SSSR count). The number of ether oxygens (including phenoxy) is 2. The van der Waals surface area contributed by atoms with Gasteiger partial charge in [0.2, 0.25) is 0 Å². The van der Waals surface area contributed by atoms with E-state index < -0.39 is 10.1 Å². The van der Waals surface area contributed by atoms with Crippen molar-refractivity contribution in [3.8, 4) is 17.2 Å². The average Bonchev–Trinajstić information content (AvgIpc) is 2.52. The second-order valence-electron chi connectivity index (χ2n) is 6.20. The molecule has 1 N–H and O–H groups in total. The Hall–Kier alpha value is -0.790. The maximum Gasteiger partial charge on any atom is 0.146 e. The molecule has 0 aromatic heterocycles. The van der Waals surface area contributed by atoms with Crippen LogP contribution < -0.4 is 9.47 Å². The van der Waals surface area contributed by atoms with Crippen LogP contribution in [0.4, 0.5) is 0 Å². The average molecular weight is 617 g/mol. The van der Waals surface area contributed by atoms with Crippen LogP contribution in [-0.2, 0) is 10.1 Å². The number of aryl methyl sites for hydroxylation is 1. The van der Waals surface area contributed by atoms with E-state index in [0.29, 0.717) is 22.6 Å². The zero-order chi connectivity index (χ0) is 20.4. The maximum absolute atomic E-state index is 11.5. The molecular formula is C18H19I2O6S-. The van der Waals surface area contributed by atoms with Crippen molar-refractivity contribution in [3.05, 3.63) is 42.5 Å². The highest BCUT2D eigenvalue weighted by Crippen LogP contribution is 2.32. The van der Waals surface area contributed by atoms with E-state index in [2.05, 4.69) is 45.2 Å². The van der Waals surface area contributed by atoms with Crippen LogP contribution in [0.15, 0.2) is 29.2 Å². The number of halogens is 2. The summed E-state index contributed by atoms with van der Waals surface area (Å²) in [5, 5.41) is 9.56. The molecule has 0 aliphatic carbocycles. The van der Waals surface area contributed by atoms with Gasteiger partial charge in [0.05, 0.1) is 12.0 Å². The van der Waals surface area contributed by atoms with Crippen molar-refractivity contribution in [2.24, 2.45) is 0 Å². The van der Waals surface area contributed by atoms with Crippen LogP contribution in [0.2, 0.25) is 0 Å². The summed E-state index contributed by atoms with van der Waals surface area (Å²) in [5.74, 6) is 1.23. The third kappa shape index (κ3) is 5.84. The molecule has 2 aromatic rings. The van der Waals surface area contributed by atoms with Gasteiger partial charge in [-0.25, -0.2) is 8.42 Å². The van der Waals surface area contributed by atoms with Crippen LogP contribution in [0, 0.1) is 14.1 Å². The van der Waals surface area contributed by atoms with Crippen LogP contribution in [-0.4, -0.2) is 31.3 Å². The lowest BCUT2D eigenvalue weighted by atomic mass is 10.0. The summed E-state index contributed by atoms with van der Waals surface area (Å²) >= 11 is 4.17. The molecule has 0 aliphatic rings. The molecular weight excluding hydrogens is 598 g/mol. The van der Waals surface area contributed by atoms with Crippen molar-refractivity contribution in [3.63, 3.8) is 0 Å². The van der Waals surface area contributed by atoms with Crippen LogP contribution in [0.1, 0.15) is 30.9 Å². The largest absolute Gasteiger partial charge is 0.744 e. The standard InChI is InChI=1S/C18H20I2O6S/c1-10(2)13-9-16(11(3)6-17(13)27(22,23)24)25-4-5-26-18-14(19)7-12(21)8-15(18)20/h6-10,21H,4-5H2,1-3H3,(H,22,23,24)/p-1. The number of benzene rings is 2. The van der Waals surface area contributed by atoms with Crippen molar-refractivity contribution in [1.82, 2.24) is 0 Å². The van der Waals surface area contributed by atoms with E-state index in [1.54, 1.807) is 25.1 Å². The van der Waals surface area contributed by atoms with E-state index in [4.69, 9.17) is 9.47 Å². The van der Waals surface area contributed by atoms with E-state index in [1.165, 1.54) is 6.07 Å². The molecule has 0 saturated carbocycles. The lowest BCUT2D eigenvalue weighted by Crippen LogP contribution is -2.12. The summed E-state index contributed by atoms with van der Waals surface area (Å²) in [6.45, 7) is 5.85. The first kappa shape index (κ1) is 22.5. The minimum Gasteiger partial charge on any atom is -0.744 e. The Kier molecular flexibility index (Phi) is 7.62. The van der Waals surface area contributed by atoms with E-state index >= 15 is 0 Å². The molecule has 27 heavy (non-hydrogen) atoms. The summed E-state index contributed by atoms with van der Waals surface area (Å²) in [6, 6.07) is 6.19. The number of hydrogen-bond acceptors (Lipinski definition) is 6. The molecule has 0 atom stereocenters. The molecule has 148 valence electrons. The Morgan fingerprint density at radius 2 is 1.63 bits per heavy atom. The fourth-order valence-corrected chi connectivity index (χ4v) is 5.43. The van der Waals surface area contributed by atoms with Gasteiger partial charge in [-0.05, 0) is 93.4 Å². The predicted octanol–water partition coefficient (Wildman–Crippen LogP) is 4.40. The number of phenols is 1. The topological polar surface area (TPSA) is 95.9 Å². The SMILES string of the molecule is Cc1cc(S(=O)(=O)[O-])c(C(C)C)cc1OCCOc1c(I)cc(O)cc1I. The second kappa shape index (κ2) is 9.14. The summed E-state index contributed by atoms with van der Waals surface area (Å²) in [5.41, 5.74) is 1.01. The molecule has 0 fully saturated rings. The van der Waals surface area contributed by atoms with Gasteiger partial charge in [-0.3, -0.25) is 0 Å². The molecule has 0 bridgehead atoms. The molecule has 0 radical (unpaired) electrons. The fourth-order valence-electron chi connectivity index (χ4n) is 2.48. The van der Waals surface area contributed by atoms with Crippen molar-refractivity contribution in [2.75, 3.05) is 13.2 Å². The van der Waals surface area contributed by atoms with Crippen LogP contribution in [0.5, 0.6) is 17.2 Å². The van der Waals surface area contributed by atoms with E-state index in [0.717, 1.165) is 7.14 Å². The van der Waals surface area contributed by atoms with Gasteiger partial charge in [0.25, 0.3) is 0 Å². The van der Waals surface area contributed by atoms with Gasteiger partial charge in [-0.1, -0.05) is 13.8 Å². The zero-order valence-corrected chi connectivity index (χ0v) is 20.1. The summed E-state index contributed by atoms with van der Waals surface area (Å²) in [4.78, 5) is -0.202. The van der Waals surface area contributed by atoms with E-state index in [9.17, 15) is 18.1 Å². The highest BCUT2D eigenvalue weighted by Gasteiger charge is 2.16. The van der Waals surface area contributed by atoms with Gasteiger partial charge in [0.1, 0.15) is 40.6 Å². The molecule has 2 aromatic carbocycles. The minimum absolute atomic E-state index is 0.136. The molecule has 0 amide bonds. The monoisotopic (exact) mass is 617 g/mol. The smallest absolute Gasteiger partial charge is 0.146 e. The molecule has 0 spiro atoms. The highest BCUT2D eigenvalue weighted by molar-refractivity contribution is 14.1. The lowest BCUT2D eigenvalue weighted by molar-refractivity contribution is 0.214. The van der Waals surface area contributed by atoms with Gasteiger partial charge in [0, 0.05) is 0 Å². The predicted molar refractivity (Wildman–Crippen MR) is 118 cm³/mol. The van der Waals surface area contributed by atoms with E-state index in [-0.39, 0.29) is 29.8 Å². The Labute approximate surface area is 186 Å². The quantitative estimate of drug-likeness (QED) is 0.282. The number of aromatic hydroxyl groups is 1. The van der Waals surface area contributed by atoms with Crippen molar-refractivity contribution < 1.29 is 27.6 Å². The normalized spacial score (nSPS) is 11.7. The molecule has 0 saturated heterocycles. The summed E-state index contributed by atoms with van der Waals surface area (Å²) in [7, 11) is -4.54. The summed E-state index contributed by atoms with van der Waals surface area (Å²) in [6.07, 6.45) is 0. The van der Waals surface area contributed by atoms with Crippen molar-refractivity contribution >= 4 is 55.3 Å². The first-order valence-electron chi connectivity index (χ1n) is 8.04. The van der Waals surface area contributed by atoms with Gasteiger partial charge in [0.15, 0.2) is 0 Å². The van der Waals surface area contributed by atoms with Crippen LogP contribution in [0.25, 0.3) is 0 Å². The molecule has 0 aliphatic heterocycles. The maximum atomic E-state index is 11.5. The van der Waals surface area contributed by atoms with Crippen LogP contribution >= 0.6 is 45.2 Å². The summed E-state index contributed by atoms with van der Waals surface area (Å²) < 4.78 is 47.5. The Bertz CT molecular complexity index is 918. The lowest BCUT2D eigenvalue weighted by Gasteiger charge is -2.19. The first-order valence-corrected chi connectivity index (χ1v) is 11.6. The third-order valence-corrected chi connectivity index (χ3v) is 6.26. The molecule has 0 unspecified atom stereocenters. The van der Waals surface area contributed by atoms with Gasteiger partial charge in [-0.2, -0.15) is 0 Å². The zero-order valence-electron chi connectivity index (χ0n) is 15.0. The minimum atomic E-state index is -4.54. The van der Waals surface area contributed by atoms with Crippen molar-refractivity contribution in [2.45, 2.75) is 31.6 Å². The third-order valence-electron chi connectivity index (χ3n) is 3.77. The Morgan fingerprint density at radius 1 is 1.07 bits per heavy atom. The number of phenolic OH excluding ortho intramolecular Hbond substituents is 1. The molecule has 9 heteroatoms. The molecule has 0 heterocycles.